The third-order valence-electron chi connectivity index (χ3n) is 29.5. The molecule has 3 nitrogen and oxygen atoms in total. The van der Waals surface area contributed by atoms with Gasteiger partial charge in [-0.25, -0.2) is 0 Å². The summed E-state index contributed by atoms with van der Waals surface area (Å²) >= 11 is 0. The van der Waals surface area contributed by atoms with Gasteiger partial charge in [0.1, 0.15) is 0 Å². The summed E-state index contributed by atoms with van der Waals surface area (Å²) in [5.41, 5.74) is 41.5. The first kappa shape index (κ1) is 83.9. The van der Waals surface area contributed by atoms with Crippen LogP contribution in [0.25, 0.3) is 100 Å². The van der Waals surface area contributed by atoms with Gasteiger partial charge >= 0.3 is 0 Å². The number of anilines is 9. The van der Waals surface area contributed by atoms with E-state index in [9.17, 15) is 0 Å². The monoisotopic (exact) mass is 1670 g/mol. The second-order valence-corrected chi connectivity index (χ2v) is 38.0. The van der Waals surface area contributed by atoms with Crippen molar-refractivity contribution in [3.8, 4) is 100 Å². The lowest BCUT2D eigenvalue weighted by atomic mass is 9.55. The van der Waals surface area contributed by atoms with E-state index in [2.05, 4.69) is 553 Å². The molecule has 0 fully saturated rings. The van der Waals surface area contributed by atoms with E-state index in [0.29, 0.717) is 0 Å². The number of para-hydroxylation sites is 5. The molecule has 18 aromatic carbocycles. The lowest BCUT2D eigenvalue weighted by Gasteiger charge is -2.48. The maximum atomic E-state index is 2.41. The summed E-state index contributed by atoms with van der Waals surface area (Å²) < 4.78 is 0. The van der Waals surface area contributed by atoms with Crippen molar-refractivity contribution in [2.45, 2.75) is 116 Å². The Morgan fingerprint density at radius 1 is 0.132 bits per heavy atom. The molecule has 0 spiro atoms. The molecule has 0 N–H and O–H groups in total. The van der Waals surface area contributed by atoms with E-state index in [1.54, 1.807) is 0 Å². The molecule has 0 aliphatic heterocycles. The summed E-state index contributed by atoms with van der Waals surface area (Å²) in [7, 11) is 0. The van der Waals surface area contributed by atoms with Crippen LogP contribution in [0.1, 0.15) is 116 Å². The minimum Gasteiger partial charge on any atom is -0.311 e. The normalized spacial score (nSPS) is 14.4. The number of nitrogens with zero attached hydrogens (tertiary/aromatic N) is 3. The standard InChI is InChI=1S/3C42H37N/c1-41(2)38-25-15-14-23-37(38)40-36(24-16-26-39(40)42(41,3)4)32-27-31(30-17-8-5-9-18-30)28-35(29-32)43(33-19-10-6-11-20-33)34-21-12-7-13-22-34;1-41(2)38-24-13-11-23-36(38)37-29-32(26-27-39(37)42(41,3)4)31-18-15-21-34(28-31)43(33-19-9-6-10-20-33)40-25-14-12-22-35(40)30-16-7-5-8-17-30;1-41(2)38-20-12-11-18-37(38)40-36(19-13-21-39(40)42(41,3)4)32-24-28-35(29-25-32)43(33-16-9-6-10-17-33)34-26-22-31(23-27-34)30-14-7-5-8-15-30/h3*5-29H,1-4H3. The molecule has 3 aliphatic rings. The Bertz CT molecular complexity index is 7010. The highest BCUT2D eigenvalue weighted by Crippen LogP contribution is 2.60. The van der Waals surface area contributed by atoms with Crippen molar-refractivity contribution >= 4 is 51.2 Å². The Labute approximate surface area is 764 Å². The molecule has 0 atom stereocenters. The van der Waals surface area contributed by atoms with Crippen LogP contribution >= 0.6 is 0 Å². The van der Waals surface area contributed by atoms with E-state index in [-0.39, 0.29) is 32.5 Å². The summed E-state index contributed by atoms with van der Waals surface area (Å²) in [6.07, 6.45) is 0. The fraction of sp³-hybridized carbons (Fsp3) is 0.143. The van der Waals surface area contributed by atoms with Gasteiger partial charge in [0.15, 0.2) is 0 Å². The molecule has 0 radical (unpaired) electrons. The van der Waals surface area contributed by atoms with Crippen LogP contribution in [-0.2, 0) is 32.5 Å². The average Bonchev–Trinajstić information content (AvgIpc) is 0.720. The molecule has 21 rings (SSSR count). The predicted molar refractivity (Wildman–Crippen MR) is 550 cm³/mol. The molecule has 0 bridgehead atoms. The summed E-state index contributed by atoms with van der Waals surface area (Å²) in [4.78, 5) is 7.08. The van der Waals surface area contributed by atoms with Crippen LogP contribution in [0.15, 0.2) is 455 Å². The molecular formula is C126H111N3. The largest absolute Gasteiger partial charge is 0.311 e. The highest BCUT2D eigenvalue weighted by molar-refractivity contribution is 5.97. The molecule has 129 heavy (non-hydrogen) atoms. The Morgan fingerprint density at radius 2 is 0.395 bits per heavy atom. The Balaban J connectivity index is 0.000000126. The molecule has 0 amide bonds. The van der Waals surface area contributed by atoms with Gasteiger partial charge in [0, 0.05) is 51.1 Å². The van der Waals surface area contributed by atoms with Crippen molar-refractivity contribution in [1.82, 2.24) is 0 Å². The van der Waals surface area contributed by atoms with Gasteiger partial charge in [0.05, 0.1) is 5.69 Å². The van der Waals surface area contributed by atoms with E-state index >= 15 is 0 Å². The van der Waals surface area contributed by atoms with Gasteiger partial charge in [-0.1, -0.05) is 423 Å². The van der Waals surface area contributed by atoms with Crippen molar-refractivity contribution in [2.75, 3.05) is 14.7 Å². The highest BCUT2D eigenvalue weighted by atomic mass is 15.2. The Hall–Kier alpha value is -14.6. The Kier molecular flexibility index (Phi) is 22.3. The fourth-order valence-corrected chi connectivity index (χ4v) is 20.4. The topological polar surface area (TPSA) is 9.72 Å². The van der Waals surface area contributed by atoms with Crippen molar-refractivity contribution in [1.29, 1.82) is 0 Å². The predicted octanol–water partition coefficient (Wildman–Crippen LogP) is 35.2. The van der Waals surface area contributed by atoms with Crippen LogP contribution in [0.4, 0.5) is 51.2 Å². The number of benzene rings is 18. The smallest absolute Gasteiger partial charge is 0.0540 e. The number of rotatable bonds is 15. The molecule has 630 valence electrons. The summed E-state index contributed by atoms with van der Waals surface area (Å²) in [6, 6.07) is 165. The van der Waals surface area contributed by atoms with Gasteiger partial charge in [-0.3, -0.25) is 0 Å². The number of fused-ring (bicyclic) bond motifs is 9. The fourth-order valence-electron chi connectivity index (χ4n) is 20.4. The molecule has 0 saturated carbocycles. The van der Waals surface area contributed by atoms with E-state index in [1.165, 1.54) is 134 Å². The van der Waals surface area contributed by atoms with Gasteiger partial charge in [0.2, 0.25) is 0 Å². The molecule has 0 heterocycles. The lowest BCUT2D eigenvalue weighted by Crippen LogP contribution is -2.43. The number of hydrogen-bond acceptors (Lipinski definition) is 3. The summed E-state index contributed by atoms with van der Waals surface area (Å²) in [6.45, 7) is 28.7. The first-order chi connectivity index (χ1) is 62.6. The lowest BCUT2D eigenvalue weighted by molar-refractivity contribution is 0.299. The zero-order valence-corrected chi connectivity index (χ0v) is 76.1. The van der Waals surface area contributed by atoms with Crippen LogP contribution in [0, 0.1) is 0 Å². The van der Waals surface area contributed by atoms with E-state index in [4.69, 9.17) is 0 Å². The van der Waals surface area contributed by atoms with Crippen molar-refractivity contribution < 1.29 is 0 Å². The average molecular weight is 1670 g/mol. The second-order valence-electron chi connectivity index (χ2n) is 38.0. The second kappa shape index (κ2) is 34.3. The van der Waals surface area contributed by atoms with Crippen molar-refractivity contribution in [3.05, 3.63) is 488 Å². The SMILES string of the molecule is CC1(C)c2ccccc2-c2c(-c3cc(-c4ccccc4)cc(N(c4ccccc4)c4ccccc4)c3)cccc2C1(C)C.CC1(C)c2ccccc2-c2c(-c3ccc(N(c4ccccc4)c4ccc(-c5ccccc5)cc4)cc3)cccc2C1(C)C.CC1(C)c2ccccc2-c2cc(-c3cccc(N(c4ccccc4)c4ccccc4-c4ccccc4)c3)ccc2C1(C)C. The third-order valence-corrected chi connectivity index (χ3v) is 29.5. The minimum atomic E-state index is -0.0489. The molecule has 0 saturated heterocycles. The molecular weight excluding hydrogens is 1560 g/mol. The van der Waals surface area contributed by atoms with Crippen LogP contribution in [-0.4, -0.2) is 0 Å². The highest BCUT2D eigenvalue weighted by Gasteiger charge is 2.49. The quantitative estimate of drug-likeness (QED) is 0.101. The van der Waals surface area contributed by atoms with Crippen LogP contribution in [0.5, 0.6) is 0 Å². The van der Waals surface area contributed by atoms with Gasteiger partial charge in [-0.05, 0) is 276 Å². The maximum Gasteiger partial charge on any atom is 0.0540 e. The van der Waals surface area contributed by atoms with E-state index in [1.807, 2.05) is 0 Å². The molecule has 3 heteroatoms. The van der Waals surface area contributed by atoms with Crippen LogP contribution in [0.2, 0.25) is 0 Å². The van der Waals surface area contributed by atoms with Gasteiger partial charge in [-0.15, -0.1) is 0 Å². The van der Waals surface area contributed by atoms with Crippen molar-refractivity contribution in [3.63, 3.8) is 0 Å². The summed E-state index contributed by atoms with van der Waals surface area (Å²) in [5, 5.41) is 0. The maximum absolute atomic E-state index is 2.41. The zero-order valence-electron chi connectivity index (χ0n) is 76.1. The third kappa shape index (κ3) is 15.3. The van der Waals surface area contributed by atoms with Gasteiger partial charge in [0.25, 0.3) is 0 Å². The van der Waals surface area contributed by atoms with E-state index in [0.717, 1.165) is 51.2 Å². The van der Waals surface area contributed by atoms with Crippen LogP contribution in [0.3, 0.4) is 0 Å². The first-order valence-corrected chi connectivity index (χ1v) is 45.6. The van der Waals surface area contributed by atoms with Gasteiger partial charge < -0.3 is 14.7 Å². The molecule has 18 aromatic rings. The Morgan fingerprint density at radius 3 is 0.868 bits per heavy atom. The molecule has 0 aromatic heterocycles. The molecule has 3 aliphatic carbocycles. The molecule has 0 unspecified atom stereocenters. The van der Waals surface area contributed by atoms with Gasteiger partial charge in [-0.2, -0.15) is 0 Å². The van der Waals surface area contributed by atoms with E-state index < -0.39 is 0 Å². The first-order valence-electron chi connectivity index (χ1n) is 45.6. The van der Waals surface area contributed by atoms with Crippen LogP contribution < -0.4 is 14.7 Å². The number of hydrogen-bond donors (Lipinski definition) is 0. The minimum absolute atomic E-state index is 0.00230. The van der Waals surface area contributed by atoms with Crippen molar-refractivity contribution in [2.24, 2.45) is 0 Å². The zero-order chi connectivity index (χ0) is 88.8. The summed E-state index contributed by atoms with van der Waals surface area (Å²) in [5.74, 6) is 0.